The van der Waals surface area contributed by atoms with Gasteiger partial charge in [0.05, 0.1) is 20.6 Å². The van der Waals surface area contributed by atoms with Gasteiger partial charge < -0.3 is 19.2 Å². The molecule has 132 valence electrons. The topological polar surface area (TPSA) is 94.7 Å². The summed E-state index contributed by atoms with van der Waals surface area (Å²) in [6.45, 7) is 1.72. The lowest BCUT2D eigenvalue weighted by molar-refractivity contribution is -0.139. The number of benzene rings is 1. The first kappa shape index (κ1) is 18.3. The molecule has 1 aromatic carbocycles. The van der Waals surface area contributed by atoms with Gasteiger partial charge in [-0.3, -0.25) is 4.79 Å². The van der Waals surface area contributed by atoms with Gasteiger partial charge in [0.1, 0.15) is 18.0 Å². The molecule has 0 saturated heterocycles. The van der Waals surface area contributed by atoms with Gasteiger partial charge in [0.25, 0.3) is 0 Å². The van der Waals surface area contributed by atoms with Crippen LogP contribution in [-0.2, 0) is 32.0 Å². The molecule has 0 bridgehead atoms. The third kappa shape index (κ3) is 4.26. The lowest BCUT2D eigenvalue weighted by Crippen LogP contribution is -2.11. The summed E-state index contributed by atoms with van der Waals surface area (Å²) in [5.41, 5.74) is 1.78. The van der Waals surface area contributed by atoms with Crippen molar-refractivity contribution in [2.24, 2.45) is 0 Å². The van der Waals surface area contributed by atoms with E-state index in [1.807, 2.05) is 30.3 Å². The number of esters is 3. The summed E-state index contributed by atoms with van der Waals surface area (Å²) in [6.07, 6.45) is -0.158. The molecule has 2 aromatic rings. The van der Waals surface area contributed by atoms with Crippen LogP contribution >= 0.6 is 0 Å². The number of ether oxygens (including phenoxy) is 3. The van der Waals surface area contributed by atoms with Crippen molar-refractivity contribution in [3.8, 4) is 0 Å². The largest absolute Gasteiger partial charge is 0.469 e. The number of methoxy groups -OCH3 is 2. The van der Waals surface area contributed by atoms with E-state index in [-0.39, 0.29) is 24.4 Å². The molecule has 0 aliphatic rings. The summed E-state index contributed by atoms with van der Waals surface area (Å²) in [5, 5.41) is 0. The fourth-order valence-corrected chi connectivity index (χ4v) is 2.35. The van der Waals surface area contributed by atoms with Crippen LogP contribution in [0, 0.1) is 6.92 Å². The van der Waals surface area contributed by atoms with E-state index >= 15 is 0 Å². The van der Waals surface area contributed by atoms with Crippen molar-refractivity contribution in [3.05, 3.63) is 58.4 Å². The Kier molecular flexibility index (Phi) is 5.94. The van der Waals surface area contributed by atoms with E-state index in [1.54, 1.807) is 6.92 Å². The number of nitrogens with one attached hydrogen (secondary N) is 1. The molecule has 0 atom stereocenters. The Bertz CT molecular complexity index is 778. The molecule has 1 aromatic heterocycles. The van der Waals surface area contributed by atoms with Crippen LogP contribution < -0.4 is 0 Å². The van der Waals surface area contributed by atoms with Crippen LogP contribution in [0.1, 0.15) is 37.7 Å². The SMILES string of the molecule is COC(=O)Cc1c(C(=O)OC)[nH]c(C(=O)OCc2ccccc2)c1C. The first-order valence-corrected chi connectivity index (χ1v) is 7.55. The summed E-state index contributed by atoms with van der Waals surface area (Å²) in [4.78, 5) is 38.6. The Morgan fingerprint density at radius 3 is 2.24 bits per heavy atom. The minimum absolute atomic E-state index is 0.0389. The quantitative estimate of drug-likeness (QED) is 0.637. The van der Waals surface area contributed by atoms with Crippen molar-refractivity contribution in [3.63, 3.8) is 0 Å². The third-order valence-electron chi connectivity index (χ3n) is 3.73. The summed E-state index contributed by atoms with van der Waals surface area (Å²) >= 11 is 0. The first-order valence-electron chi connectivity index (χ1n) is 7.55. The van der Waals surface area contributed by atoms with Gasteiger partial charge in [0.2, 0.25) is 0 Å². The molecule has 7 heteroatoms. The fourth-order valence-electron chi connectivity index (χ4n) is 2.35. The Morgan fingerprint density at radius 1 is 0.960 bits per heavy atom. The van der Waals surface area contributed by atoms with Crippen LogP contribution in [0.2, 0.25) is 0 Å². The molecule has 0 aliphatic carbocycles. The lowest BCUT2D eigenvalue weighted by Gasteiger charge is -2.05. The molecule has 25 heavy (non-hydrogen) atoms. The minimum atomic E-state index is -0.677. The molecule has 0 unspecified atom stereocenters. The molecule has 0 aliphatic heterocycles. The van der Waals surface area contributed by atoms with E-state index in [0.29, 0.717) is 11.1 Å². The molecular formula is C18H19NO6. The maximum Gasteiger partial charge on any atom is 0.355 e. The smallest absolute Gasteiger partial charge is 0.355 e. The molecule has 0 radical (unpaired) electrons. The highest BCUT2D eigenvalue weighted by Crippen LogP contribution is 2.21. The Labute approximate surface area is 144 Å². The zero-order chi connectivity index (χ0) is 18.4. The monoisotopic (exact) mass is 345 g/mol. The highest BCUT2D eigenvalue weighted by Gasteiger charge is 2.26. The number of aromatic nitrogens is 1. The van der Waals surface area contributed by atoms with Gasteiger partial charge in [-0.2, -0.15) is 0 Å². The summed E-state index contributed by atoms with van der Waals surface area (Å²) in [5.74, 6) is -1.83. The zero-order valence-electron chi connectivity index (χ0n) is 14.3. The van der Waals surface area contributed by atoms with Crippen molar-refractivity contribution in [1.82, 2.24) is 4.98 Å². The van der Waals surface area contributed by atoms with Crippen LogP contribution in [0.25, 0.3) is 0 Å². The average molecular weight is 345 g/mol. The van der Waals surface area contributed by atoms with Crippen molar-refractivity contribution in [1.29, 1.82) is 0 Å². The maximum absolute atomic E-state index is 12.3. The van der Waals surface area contributed by atoms with E-state index in [2.05, 4.69) is 9.72 Å². The van der Waals surface area contributed by atoms with E-state index in [9.17, 15) is 14.4 Å². The molecule has 1 heterocycles. The van der Waals surface area contributed by atoms with Crippen LogP contribution in [0.4, 0.5) is 0 Å². The Hall–Kier alpha value is -3.09. The standard InChI is InChI=1S/C18H19NO6/c1-11-13(9-14(20)23-2)16(17(21)24-3)19-15(11)18(22)25-10-12-7-5-4-6-8-12/h4-8,19H,9-10H2,1-3H3. The number of hydrogen-bond acceptors (Lipinski definition) is 6. The maximum atomic E-state index is 12.3. The van der Waals surface area contributed by atoms with E-state index < -0.39 is 17.9 Å². The van der Waals surface area contributed by atoms with Crippen LogP contribution in [0.15, 0.2) is 30.3 Å². The van der Waals surface area contributed by atoms with Crippen molar-refractivity contribution < 1.29 is 28.6 Å². The van der Waals surface area contributed by atoms with Gasteiger partial charge >= 0.3 is 17.9 Å². The number of H-pyrrole nitrogens is 1. The second kappa shape index (κ2) is 8.14. The first-order chi connectivity index (χ1) is 12.0. The zero-order valence-corrected chi connectivity index (χ0v) is 14.3. The van der Waals surface area contributed by atoms with Crippen molar-refractivity contribution >= 4 is 17.9 Å². The molecule has 2 rings (SSSR count). The number of rotatable bonds is 6. The van der Waals surface area contributed by atoms with E-state index in [4.69, 9.17) is 9.47 Å². The van der Waals surface area contributed by atoms with Gasteiger partial charge in [-0.25, -0.2) is 9.59 Å². The summed E-state index contributed by atoms with van der Waals surface area (Å²) in [7, 11) is 2.46. The van der Waals surface area contributed by atoms with Gasteiger partial charge in [-0.1, -0.05) is 30.3 Å². The van der Waals surface area contributed by atoms with Gasteiger partial charge in [0, 0.05) is 0 Å². The molecule has 7 nitrogen and oxygen atoms in total. The fraction of sp³-hybridized carbons (Fsp3) is 0.278. The molecule has 0 fully saturated rings. The molecule has 0 saturated carbocycles. The molecular weight excluding hydrogens is 326 g/mol. The average Bonchev–Trinajstić information content (AvgIpc) is 2.96. The normalized spacial score (nSPS) is 10.2. The molecule has 0 amide bonds. The van der Waals surface area contributed by atoms with E-state index in [1.165, 1.54) is 14.2 Å². The van der Waals surface area contributed by atoms with Crippen LogP contribution in [-0.4, -0.2) is 37.1 Å². The number of carbonyl (C=O) groups is 3. The van der Waals surface area contributed by atoms with Crippen LogP contribution in [0.3, 0.4) is 0 Å². The summed E-state index contributed by atoms with van der Waals surface area (Å²) < 4.78 is 14.6. The van der Waals surface area contributed by atoms with E-state index in [0.717, 1.165) is 5.56 Å². The number of aromatic amines is 1. The second-order valence-corrected chi connectivity index (χ2v) is 5.28. The molecule has 1 N–H and O–H groups in total. The third-order valence-corrected chi connectivity index (χ3v) is 3.73. The highest BCUT2D eigenvalue weighted by molar-refractivity contribution is 5.97. The van der Waals surface area contributed by atoms with Gasteiger partial charge in [-0.15, -0.1) is 0 Å². The molecule has 0 spiro atoms. The predicted molar refractivity (Wildman–Crippen MR) is 88.2 cm³/mol. The van der Waals surface area contributed by atoms with Gasteiger partial charge in [-0.05, 0) is 23.6 Å². The lowest BCUT2D eigenvalue weighted by atomic mass is 10.1. The van der Waals surface area contributed by atoms with Crippen LogP contribution in [0.5, 0.6) is 0 Å². The van der Waals surface area contributed by atoms with Crippen molar-refractivity contribution in [2.75, 3.05) is 14.2 Å². The highest BCUT2D eigenvalue weighted by atomic mass is 16.5. The predicted octanol–water partition coefficient (Wildman–Crippen LogP) is 2.18. The van der Waals surface area contributed by atoms with Gasteiger partial charge in [0.15, 0.2) is 0 Å². The number of hydrogen-bond donors (Lipinski definition) is 1. The second-order valence-electron chi connectivity index (χ2n) is 5.28. The van der Waals surface area contributed by atoms with Crippen molar-refractivity contribution in [2.45, 2.75) is 20.0 Å². The minimum Gasteiger partial charge on any atom is -0.469 e. The summed E-state index contributed by atoms with van der Waals surface area (Å²) in [6, 6.07) is 9.21. The Morgan fingerprint density at radius 2 is 1.64 bits per heavy atom. The number of carbonyl (C=O) groups excluding carboxylic acids is 3. The Balaban J connectivity index is 2.26.